The van der Waals surface area contributed by atoms with Gasteiger partial charge in [0.2, 0.25) is 0 Å². The average molecular weight is 296 g/mol. The van der Waals surface area contributed by atoms with Gasteiger partial charge in [-0.3, -0.25) is 4.79 Å². The summed E-state index contributed by atoms with van der Waals surface area (Å²) in [6, 6.07) is 0. The Morgan fingerprint density at radius 3 is 2.43 bits per heavy atom. The van der Waals surface area contributed by atoms with Crippen molar-refractivity contribution in [2.45, 2.75) is 91.9 Å². The molecule has 0 aromatic carbocycles. The molecule has 3 atom stereocenters. The van der Waals surface area contributed by atoms with Crippen LogP contribution in [0, 0.1) is 17.3 Å². The normalized spacial score (nSPS) is 29.3. The van der Waals surface area contributed by atoms with Crippen molar-refractivity contribution in [2.24, 2.45) is 17.3 Å². The number of carbonyl (C=O) groups excluding carboxylic acids is 1. The molecule has 1 fully saturated rings. The molecule has 0 amide bonds. The van der Waals surface area contributed by atoms with Gasteiger partial charge in [-0.25, -0.2) is 0 Å². The summed E-state index contributed by atoms with van der Waals surface area (Å²) in [5.41, 5.74) is -0.189. The maximum Gasteiger partial charge on any atom is 0.312 e. The van der Waals surface area contributed by atoms with Crippen LogP contribution >= 0.6 is 0 Å². The summed E-state index contributed by atoms with van der Waals surface area (Å²) in [4.78, 5) is 12.7. The molecule has 0 radical (unpaired) electrons. The van der Waals surface area contributed by atoms with Crippen LogP contribution < -0.4 is 0 Å². The van der Waals surface area contributed by atoms with E-state index in [-0.39, 0.29) is 11.4 Å². The Morgan fingerprint density at radius 2 is 1.86 bits per heavy atom. The molecule has 1 rings (SSSR count). The molecule has 1 aliphatic carbocycles. The standard InChI is InChI=1S/C19H36O2/c1-5-9-10-11-14-21-18(20)19(8-4)13-12-16(6-2)15-17(19)7-3/h16-17H,5-15H2,1-4H3. The molecule has 1 saturated carbocycles. The SMILES string of the molecule is CCCCCCOC(=O)C1(CC)CCC(CC)CC1CC. The minimum absolute atomic E-state index is 0.0999. The van der Waals surface area contributed by atoms with Gasteiger partial charge in [0.15, 0.2) is 0 Å². The van der Waals surface area contributed by atoms with Crippen LogP contribution in [0.2, 0.25) is 0 Å². The molecule has 0 spiro atoms. The molecule has 1 aliphatic rings. The van der Waals surface area contributed by atoms with Gasteiger partial charge < -0.3 is 4.74 Å². The Balaban J connectivity index is 2.58. The number of hydrogen-bond acceptors (Lipinski definition) is 2. The highest BCUT2D eigenvalue weighted by Gasteiger charge is 2.47. The summed E-state index contributed by atoms with van der Waals surface area (Å²) in [6.07, 6.45) is 11.4. The summed E-state index contributed by atoms with van der Waals surface area (Å²) in [5.74, 6) is 1.43. The highest BCUT2D eigenvalue weighted by molar-refractivity contribution is 5.77. The van der Waals surface area contributed by atoms with Gasteiger partial charge >= 0.3 is 5.97 Å². The fourth-order valence-electron chi connectivity index (χ4n) is 4.06. The fraction of sp³-hybridized carbons (Fsp3) is 0.947. The van der Waals surface area contributed by atoms with E-state index in [9.17, 15) is 4.79 Å². The van der Waals surface area contributed by atoms with E-state index < -0.39 is 0 Å². The number of esters is 1. The molecule has 0 aromatic heterocycles. The van der Waals surface area contributed by atoms with Crippen LogP contribution in [-0.4, -0.2) is 12.6 Å². The average Bonchev–Trinajstić information content (AvgIpc) is 2.53. The Labute approximate surface area is 132 Å². The quantitative estimate of drug-likeness (QED) is 0.400. The van der Waals surface area contributed by atoms with Gasteiger partial charge in [-0.15, -0.1) is 0 Å². The summed E-state index contributed by atoms with van der Waals surface area (Å²) < 4.78 is 5.68. The second kappa shape index (κ2) is 9.48. The third kappa shape index (κ3) is 4.72. The Hall–Kier alpha value is -0.530. The maximum atomic E-state index is 12.7. The first kappa shape index (κ1) is 18.5. The van der Waals surface area contributed by atoms with Crippen LogP contribution in [0.4, 0.5) is 0 Å². The van der Waals surface area contributed by atoms with Gasteiger partial charge in [-0.05, 0) is 43.9 Å². The maximum absolute atomic E-state index is 12.7. The Bertz CT molecular complexity index is 300. The molecule has 2 nitrogen and oxygen atoms in total. The monoisotopic (exact) mass is 296 g/mol. The van der Waals surface area contributed by atoms with Crippen LogP contribution in [0.3, 0.4) is 0 Å². The van der Waals surface area contributed by atoms with E-state index in [0.717, 1.165) is 31.6 Å². The van der Waals surface area contributed by atoms with Gasteiger partial charge in [0, 0.05) is 0 Å². The van der Waals surface area contributed by atoms with Crippen LogP contribution in [-0.2, 0) is 9.53 Å². The first-order chi connectivity index (χ1) is 10.1. The van der Waals surface area contributed by atoms with E-state index in [1.54, 1.807) is 0 Å². The van der Waals surface area contributed by atoms with Gasteiger partial charge in [0.1, 0.15) is 0 Å². The van der Waals surface area contributed by atoms with Gasteiger partial charge in [0.05, 0.1) is 12.0 Å². The molecule has 2 heteroatoms. The number of hydrogen-bond donors (Lipinski definition) is 0. The van der Waals surface area contributed by atoms with Crippen LogP contribution in [0.5, 0.6) is 0 Å². The summed E-state index contributed by atoms with van der Waals surface area (Å²) in [7, 11) is 0. The van der Waals surface area contributed by atoms with Crippen molar-refractivity contribution in [3.8, 4) is 0 Å². The Kier molecular flexibility index (Phi) is 8.36. The first-order valence-electron chi connectivity index (χ1n) is 9.31. The molecule has 0 aliphatic heterocycles. The van der Waals surface area contributed by atoms with Gasteiger partial charge in [0.25, 0.3) is 0 Å². The summed E-state index contributed by atoms with van der Waals surface area (Å²) in [5, 5.41) is 0. The molecule has 21 heavy (non-hydrogen) atoms. The lowest BCUT2D eigenvalue weighted by atomic mass is 9.60. The van der Waals surface area contributed by atoms with E-state index in [2.05, 4.69) is 27.7 Å². The van der Waals surface area contributed by atoms with Gasteiger partial charge in [-0.1, -0.05) is 59.8 Å². The molecular formula is C19H36O2. The van der Waals surface area contributed by atoms with Crippen molar-refractivity contribution in [2.75, 3.05) is 6.61 Å². The molecule has 0 aromatic rings. The van der Waals surface area contributed by atoms with E-state index in [0.29, 0.717) is 12.5 Å². The Morgan fingerprint density at radius 1 is 1.10 bits per heavy atom. The third-order valence-electron chi connectivity index (χ3n) is 5.74. The summed E-state index contributed by atoms with van der Waals surface area (Å²) in [6.45, 7) is 9.52. The molecule has 3 unspecified atom stereocenters. The predicted molar refractivity (Wildman–Crippen MR) is 89.2 cm³/mol. The van der Waals surface area contributed by atoms with E-state index in [1.165, 1.54) is 38.5 Å². The molecule has 0 heterocycles. The summed E-state index contributed by atoms with van der Waals surface area (Å²) >= 11 is 0. The minimum Gasteiger partial charge on any atom is -0.465 e. The zero-order chi connectivity index (χ0) is 15.7. The van der Waals surface area contributed by atoms with Crippen molar-refractivity contribution in [3.05, 3.63) is 0 Å². The largest absolute Gasteiger partial charge is 0.465 e. The smallest absolute Gasteiger partial charge is 0.312 e. The third-order valence-corrected chi connectivity index (χ3v) is 5.74. The number of rotatable bonds is 9. The van der Waals surface area contributed by atoms with Crippen LogP contribution in [0.25, 0.3) is 0 Å². The lowest BCUT2D eigenvalue weighted by Gasteiger charge is -2.44. The molecule has 0 N–H and O–H groups in total. The minimum atomic E-state index is -0.189. The van der Waals surface area contributed by atoms with E-state index in [4.69, 9.17) is 4.74 Å². The first-order valence-corrected chi connectivity index (χ1v) is 9.31. The van der Waals surface area contributed by atoms with E-state index in [1.807, 2.05) is 0 Å². The van der Waals surface area contributed by atoms with Crippen molar-refractivity contribution >= 4 is 5.97 Å². The van der Waals surface area contributed by atoms with Crippen molar-refractivity contribution in [1.82, 2.24) is 0 Å². The lowest BCUT2D eigenvalue weighted by Crippen LogP contribution is -2.43. The number of carbonyl (C=O) groups is 1. The van der Waals surface area contributed by atoms with Gasteiger partial charge in [-0.2, -0.15) is 0 Å². The predicted octanol–water partition coefficient (Wildman–Crippen LogP) is 5.74. The molecule has 0 bridgehead atoms. The fourth-order valence-corrected chi connectivity index (χ4v) is 4.06. The number of ether oxygens (including phenoxy) is 1. The van der Waals surface area contributed by atoms with Crippen LogP contribution in [0.1, 0.15) is 91.9 Å². The zero-order valence-corrected chi connectivity index (χ0v) is 14.7. The van der Waals surface area contributed by atoms with Crippen molar-refractivity contribution in [1.29, 1.82) is 0 Å². The molecule has 124 valence electrons. The molecular weight excluding hydrogens is 260 g/mol. The van der Waals surface area contributed by atoms with E-state index >= 15 is 0 Å². The zero-order valence-electron chi connectivity index (χ0n) is 14.7. The molecule has 0 saturated heterocycles. The second-order valence-corrected chi connectivity index (χ2v) is 6.86. The highest BCUT2D eigenvalue weighted by Crippen LogP contribution is 2.49. The van der Waals surface area contributed by atoms with Crippen molar-refractivity contribution < 1.29 is 9.53 Å². The second-order valence-electron chi connectivity index (χ2n) is 6.86. The highest BCUT2D eigenvalue weighted by atomic mass is 16.5. The topological polar surface area (TPSA) is 26.3 Å². The number of unbranched alkanes of at least 4 members (excludes halogenated alkanes) is 3. The van der Waals surface area contributed by atoms with Crippen molar-refractivity contribution in [3.63, 3.8) is 0 Å². The van der Waals surface area contributed by atoms with Crippen LogP contribution in [0.15, 0.2) is 0 Å². The lowest BCUT2D eigenvalue weighted by molar-refractivity contribution is -0.164.